The van der Waals surface area contributed by atoms with E-state index in [0.717, 1.165) is 13.1 Å². The number of carbonyl (C=O) groups is 2. The number of thiazole rings is 1. The van der Waals surface area contributed by atoms with Gasteiger partial charge in [-0.15, -0.1) is 0 Å². The van der Waals surface area contributed by atoms with Gasteiger partial charge in [0.05, 0.1) is 12.3 Å². The number of hydrogen-bond donors (Lipinski definition) is 0. The van der Waals surface area contributed by atoms with E-state index in [2.05, 4.69) is 4.98 Å². The monoisotopic (exact) mass is 323 g/mol. The third kappa shape index (κ3) is 2.82. The molecule has 2 amide bonds. The summed E-state index contributed by atoms with van der Waals surface area (Å²) in [7, 11) is 0. The molecule has 1 saturated carbocycles. The first-order valence-electron chi connectivity index (χ1n) is 7.81. The first-order chi connectivity index (χ1) is 10.6. The predicted octanol–water partition coefficient (Wildman–Crippen LogP) is 2.67. The minimum atomic E-state index is -0.360. The van der Waals surface area contributed by atoms with Gasteiger partial charge in [-0.3, -0.25) is 4.90 Å². The van der Waals surface area contributed by atoms with Gasteiger partial charge < -0.3 is 9.64 Å². The van der Waals surface area contributed by atoms with Crippen LogP contribution in [0.15, 0.2) is 0 Å². The Morgan fingerprint density at radius 3 is 2.82 bits per heavy atom. The Morgan fingerprint density at radius 1 is 1.41 bits per heavy atom. The molecule has 1 saturated heterocycles. The predicted molar refractivity (Wildman–Crippen MR) is 84.5 cm³/mol. The van der Waals surface area contributed by atoms with Gasteiger partial charge in [-0.05, 0) is 32.6 Å². The molecule has 7 heteroatoms. The van der Waals surface area contributed by atoms with Gasteiger partial charge in [0.1, 0.15) is 4.88 Å². The van der Waals surface area contributed by atoms with Crippen molar-refractivity contribution in [2.75, 3.05) is 31.1 Å². The lowest BCUT2D eigenvalue weighted by Crippen LogP contribution is -2.36. The number of hydrogen-bond acceptors (Lipinski definition) is 5. The summed E-state index contributed by atoms with van der Waals surface area (Å²) in [4.78, 5) is 32.8. The van der Waals surface area contributed by atoms with Crippen LogP contribution in [-0.4, -0.2) is 48.1 Å². The lowest BCUT2D eigenvalue weighted by atomic mass is 9.85. The van der Waals surface area contributed by atoms with Gasteiger partial charge in [0.2, 0.25) is 0 Å². The van der Waals surface area contributed by atoms with Crippen LogP contribution in [0, 0.1) is 12.8 Å². The standard InChI is InChI=1S/C15H21N3O3S/c1-3-21-13(19)12-10(2)16-14(22-12)18-8-7-17(15(18)20)9-11-5-4-6-11/h11H,3-9H2,1-2H3. The molecule has 0 atom stereocenters. The molecule has 3 rings (SSSR count). The van der Waals surface area contributed by atoms with E-state index in [1.54, 1.807) is 18.7 Å². The molecule has 1 aliphatic heterocycles. The van der Waals surface area contributed by atoms with Gasteiger partial charge in [-0.2, -0.15) is 0 Å². The largest absolute Gasteiger partial charge is 0.462 e. The van der Waals surface area contributed by atoms with Gasteiger partial charge in [-0.1, -0.05) is 17.8 Å². The summed E-state index contributed by atoms with van der Waals surface area (Å²) in [6.07, 6.45) is 3.74. The highest BCUT2D eigenvalue weighted by Gasteiger charge is 2.34. The van der Waals surface area contributed by atoms with E-state index < -0.39 is 0 Å². The number of amides is 2. The average Bonchev–Trinajstić information content (AvgIpc) is 2.98. The van der Waals surface area contributed by atoms with Gasteiger partial charge >= 0.3 is 12.0 Å². The highest BCUT2D eigenvalue weighted by molar-refractivity contribution is 7.17. The number of anilines is 1. The van der Waals surface area contributed by atoms with E-state index in [9.17, 15) is 9.59 Å². The molecule has 22 heavy (non-hydrogen) atoms. The van der Waals surface area contributed by atoms with Crippen molar-refractivity contribution in [2.45, 2.75) is 33.1 Å². The third-order valence-corrected chi connectivity index (χ3v) is 5.44. The molecule has 0 spiro atoms. The molecule has 2 fully saturated rings. The van der Waals surface area contributed by atoms with E-state index in [1.165, 1.54) is 30.6 Å². The van der Waals surface area contributed by atoms with Crippen LogP contribution in [0.5, 0.6) is 0 Å². The Balaban J connectivity index is 1.70. The SMILES string of the molecule is CCOC(=O)c1sc(N2CCN(CC3CCC3)C2=O)nc1C. The number of rotatable bonds is 5. The van der Waals surface area contributed by atoms with Crippen LogP contribution in [0.25, 0.3) is 0 Å². The minimum Gasteiger partial charge on any atom is -0.462 e. The Labute approximate surface area is 134 Å². The second-order valence-electron chi connectivity index (χ2n) is 5.81. The fraction of sp³-hybridized carbons (Fsp3) is 0.667. The number of nitrogens with zero attached hydrogens (tertiary/aromatic N) is 3. The van der Waals surface area contributed by atoms with Crippen LogP contribution in [0.3, 0.4) is 0 Å². The van der Waals surface area contributed by atoms with Crippen LogP contribution < -0.4 is 4.90 Å². The van der Waals surface area contributed by atoms with Crippen molar-refractivity contribution in [1.29, 1.82) is 0 Å². The molecule has 0 aromatic carbocycles. The van der Waals surface area contributed by atoms with Gasteiger partial charge in [-0.25, -0.2) is 14.6 Å². The topological polar surface area (TPSA) is 62.7 Å². The molecule has 0 unspecified atom stereocenters. The van der Waals surface area contributed by atoms with Crippen molar-refractivity contribution >= 4 is 28.5 Å². The number of aryl methyl sites for hydroxylation is 1. The van der Waals surface area contributed by atoms with E-state index in [-0.39, 0.29) is 12.0 Å². The summed E-state index contributed by atoms with van der Waals surface area (Å²) in [6, 6.07) is 0.0102. The molecule has 2 aliphatic rings. The summed E-state index contributed by atoms with van der Waals surface area (Å²) in [5.74, 6) is 0.304. The molecule has 6 nitrogen and oxygen atoms in total. The molecule has 1 aromatic rings. The summed E-state index contributed by atoms with van der Waals surface area (Å²) in [6.45, 7) is 6.12. The Hall–Kier alpha value is -1.63. The highest BCUT2D eigenvalue weighted by Crippen LogP contribution is 2.32. The number of urea groups is 1. The maximum absolute atomic E-state index is 12.5. The number of carbonyl (C=O) groups excluding carboxylic acids is 2. The summed E-state index contributed by atoms with van der Waals surface area (Å²) >= 11 is 1.24. The number of aromatic nitrogens is 1. The fourth-order valence-electron chi connectivity index (χ4n) is 2.80. The molecule has 120 valence electrons. The van der Waals surface area contributed by atoms with Crippen LogP contribution in [0.2, 0.25) is 0 Å². The smallest absolute Gasteiger partial charge is 0.350 e. The van der Waals surface area contributed by atoms with E-state index >= 15 is 0 Å². The summed E-state index contributed by atoms with van der Waals surface area (Å²) in [5, 5.41) is 0.599. The van der Waals surface area contributed by atoms with E-state index in [1.807, 2.05) is 4.90 Å². The zero-order chi connectivity index (χ0) is 15.7. The van der Waals surface area contributed by atoms with Crippen LogP contribution in [-0.2, 0) is 4.74 Å². The molecule has 1 aromatic heterocycles. The number of ether oxygens (including phenoxy) is 1. The zero-order valence-electron chi connectivity index (χ0n) is 13.0. The maximum Gasteiger partial charge on any atom is 0.350 e. The van der Waals surface area contributed by atoms with Crippen molar-refractivity contribution in [1.82, 2.24) is 9.88 Å². The third-order valence-electron chi connectivity index (χ3n) is 4.28. The van der Waals surface area contributed by atoms with Crippen molar-refractivity contribution < 1.29 is 14.3 Å². The Bertz CT molecular complexity index is 583. The van der Waals surface area contributed by atoms with Gasteiger partial charge in [0.25, 0.3) is 0 Å². The fourth-order valence-corrected chi connectivity index (χ4v) is 3.78. The molecule has 0 N–H and O–H groups in total. The molecule has 0 radical (unpaired) electrons. The lowest BCUT2D eigenvalue weighted by molar-refractivity contribution is 0.0531. The molecule has 0 bridgehead atoms. The molecular formula is C15H21N3O3S. The Morgan fingerprint density at radius 2 is 2.18 bits per heavy atom. The van der Waals surface area contributed by atoms with Crippen molar-refractivity contribution in [3.63, 3.8) is 0 Å². The summed E-state index contributed by atoms with van der Waals surface area (Å²) in [5.41, 5.74) is 0.628. The van der Waals surface area contributed by atoms with Gasteiger partial charge in [0, 0.05) is 19.6 Å². The molecule has 1 aliphatic carbocycles. The minimum absolute atomic E-state index is 0.0102. The van der Waals surface area contributed by atoms with Crippen LogP contribution in [0.4, 0.5) is 9.93 Å². The van der Waals surface area contributed by atoms with Gasteiger partial charge in [0.15, 0.2) is 5.13 Å². The number of esters is 1. The normalized spacial score (nSPS) is 18.7. The van der Waals surface area contributed by atoms with Crippen molar-refractivity contribution in [3.05, 3.63) is 10.6 Å². The van der Waals surface area contributed by atoms with Crippen LogP contribution in [0.1, 0.15) is 41.6 Å². The Kier molecular flexibility index (Phi) is 4.33. The lowest BCUT2D eigenvalue weighted by Gasteiger charge is -2.29. The highest BCUT2D eigenvalue weighted by atomic mass is 32.1. The van der Waals surface area contributed by atoms with Crippen molar-refractivity contribution in [2.24, 2.45) is 5.92 Å². The van der Waals surface area contributed by atoms with E-state index in [4.69, 9.17) is 4.74 Å². The first-order valence-corrected chi connectivity index (χ1v) is 8.62. The van der Waals surface area contributed by atoms with E-state index in [0.29, 0.717) is 34.8 Å². The van der Waals surface area contributed by atoms with Crippen LogP contribution >= 0.6 is 11.3 Å². The van der Waals surface area contributed by atoms with Crippen molar-refractivity contribution in [3.8, 4) is 0 Å². The zero-order valence-corrected chi connectivity index (χ0v) is 13.8. The quantitative estimate of drug-likeness (QED) is 0.782. The maximum atomic E-state index is 12.5. The molecular weight excluding hydrogens is 302 g/mol. The first kappa shape index (κ1) is 15.3. The average molecular weight is 323 g/mol. The summed E-state index contributed by atoms with van der Waals surface area (Å²) < 4.78 is 5.03. The second-order valence-corrected chi connectivity index (χ2v) is 6.79. The molecule has 2 heterocycles. The second kappa shape index (κ2) is 6.24.